The summed E-state index contributed by atoms with van der Waals surface area (Å²) >= 11 is 0. The lowest BCUT2D eigenvalue weighted by Crippen LogP contribution is -2.28. The summed E-state index contributed by atoms with van der Waals surface area (Å²) in [7, 11) is 1.82. The molecule has 5 nitrogen and oxygen atoms in total. The first kappa shape index (κ1) is 20.8. The first-order valence-electron chi connectivity index (χ1n) is 10.5. The number of fused-ring (bicyclic) bond motifs is 1. The van der Waals surface area contributed by atoms with Gasteiger partial charge in [-0.15, -0.1) is 0 Å². The minimum atomic E-state index is -0.0419. The number of carbonyl (C=O) groups excluding carboxylic acids is 1. The van der Waals surface area contributed by atoms with E-state index in [1.54, 1.807) is 29.4 Å². The molecule has 0 unspecified atom stereocenters. The van der Waals surface area contributed by atoms with Gasteiger partial charge in [-0.1, -0.05) is 18.2 Å². The monoisotopic (exact) mass is 412 g/mol. The van der Waals surface area contributed by atoms with Gasteiger partial charge in [0.2, 0.25) is 0 Å². The number of aromatic nitrogens is 3. The highest BCUT2D eigenvalue weighted by molar-refractivity contribution is 5.93. The van der Waals surface area contributed by atoms with E-state index >= 15 is 0 Å². The van der Waals surface area contributed by atoms with Crippen molar-refractivity contribution in [2.24, 2.45) is 0 Å². The van der Waals surface area contributed by atoms with Crippen LogP contribution in [0.1, 0.15) is 44.0 Å². The maximum atomic E-state index is 12.9. The van der Waals surface area contributed by atoms with E-state index in [1.807, 2.05) is 25.2 Å². The van der Waals surface area contributed by atoms with Crippen LogP contribution in [0.2, 0.25) is 0 Å². The number of pyridine rings is 1. The van der Waals surface area contributed by atoms with Crippen LogP contribution in [0.25, 0.3) is 11.0 Å². The molecule has 4 rings (SSSR count). The van der Waals surface area contributed by atoms with E-state index in [9.17, 15) is 4.79 Å². The van der Waals surface area contributed by atoms with E-state index in [1.165, 1.54) is 27.8 Å². The summed E-state index contributed by atoms with van der Waals surface area (Å²) in [5, 5.41) is 0. The molecule has 0 saturated carbocycles. The van der Waals surface area contributed by atoms with Gasteiger partial charge in [-0.3, -0.25) is 9.78 Å². The van der Waals surface area contributed by atoms with Crippen molar-refractivity contribution >= 4 is 16.9 Å². The average molecular weight is 413 g/mol. The molecule has 0 aliphatic heterocycles. The zero-order chi connectivity index (χ0) is 22.1. The number of hydrogen-bond donors (Lipinski definition) is 0. The topological polar surface area (TPSA) is 51.0 Å². The maximum absolute atomic E-state index is 12.9. The lowest BCUT2D eigenvalue weighted by atomic mass is 9.94. The van der Waals surface area contributed by atoms with Crippen LogP contribution in [0.15, 0.2) is 54.9 Å². The van der Waals surface area contributed by atoms with Crippen LogP contribution in [0.4, 0.5) is 0 Å². The van der Waals surface area contributed by atoms with Crippen molar-refractivity contribution in [2.75, 3.05) is 7.05 Å². The molecule has 0 aliphatic carbocycles. The molecular weight excluding hydrogens is 384 g/mol. The van der Waals surface area contributed by atoms with Crippen molar-refractivity contribution in [1.82, 2.24) is 19.4 Å². The Balaban J connectivity index is 1.75. The van der Waals surface area contributed by atoms with Crippen molar-refractivity contribution in [3.05, 3.63) is 94.1 Å². The van der Waals surface area contributed by atoms with Gasteiger partial charge in [0.25, 0.3) is 5.91 Å². The van der Waals surface area contributed by atoms with Gasteiger partial charge in [-0.05, 0) is 79.8 Å². The van der Waals surface area contributed by atoms with Crippen LogP contribution in [0, 0.1) is 27.7 Å². The van der Waals surface area contributed by atoms with Gasteiger partial charge in [0.05, 0.1) is 17.6 Å². The Morgan fingerprint density at radius 1 is 0.968 bits per heavy atom. The molecule has 158 valence electrons. The number of carbonyl (C=O) groups is 1. The smallest absolute Gasteiger partial charge is 0.254 e. The van der Waals surface area contributed by atoms with Gasteiger partial charge < -0.3 is 9.47 Å². The van der Waals surface area contributed by atoms with Crippen LogP contribution >= 0.6 is 0 Å². The first-order valence-corrected chi connectivity index (χ1v) is 10.5. The normalized spacial score (nSPS) is 11.1. The highest BCUT2D eigenvalue weighted by atomic mass is 16.2. The molecule has 4 aromatic rings. The lowest BCUT2D eigenvalue weighted by molar-refractivity contribution is 0.0780. The molecule has 2 aromatic carbocycles. The standard InChI is InChI=1S/C26H28N4O/c1-17-14-18(2)20(4)22(19(17)3)15-30-24-9-7-6-8-23(24)28-25(30)16-29(5)26(31)21-10-12-27-13-11-21/h6-14H,15-16H2,1-5H3. The second-order valence-corrected chi connectivity index (χ2v) is 8.24. The zero-order valence-electron chi connectivity index (χ0n) is 18.8. The van der Waals surface area contributed by atoms with Gasteiger partial charge >= 0.3 is 0 Å². The Bertz CT molecular complexity index is 1230. The first-order chi connectivity index (χ1) is 14.9. The summed E-state index contributed by atoms with van der Waals surface area (Å²) < 4.78 is 2.25. The highest BCUT2D eigenvalue weighted by Crippen LogP contribution is 2.26. The van der Waals surface area contributed by atoms with Gasteiger partial charge in [-0.2, -0.15) is 0 Å². The SMILES string of the molecule is Cc1cc(C)c(C)c(Cn2c(CN(C)C(=O)c3ccncc3)nc3ccccc32)c1C. The molecule has 0 bridgehead atoms. The molecule has 31 heavy (non-hydrogen) atoms. The second kappa shape index (κ2) is 8.34. The van der Waals surface area contributed by atoms with Crippen molar-refractivity contribution in [2.45, 2.75) is 40.8 Å². The minimum absolute atomic E-state index is 0.0419. The van der Waals surface area contributed by atoms with Crippen LogP contribution in [-0.4, -0.2) is 32.4 Å². The molecule has 2 heterocycles. The molecule has 0 atom stereocenters. The lowest BCUT2D eigenvalue weighted by Gasteiger charge is -2.20. The Hall–Kier alpha value is -3.47. The number of rotatable bonds is 5. The predicted molar refractivity (Wildman–Crippen MR) is 124 cm³/mol. The molecule has 1 amide bonds. The number of hydrogen-bond acceptors (Lipinski definition) is 3. The third kappa shape index (κ3) is 3.96. The van der Waals surface area contributed by atoms with Gasteiger partial charge in [-0.25, -0.2) is 4.98 Å². The van der Waals surface area contributed by atoms with E-state index in [0.29, 0.717) is 12.1 Å². The molecule has 2 aromatic heterocycles. The summed E-state index contributed by atoms with van der Waals surface area (Å²) in [6.45, 7) is 9.87. The Morgan fingerprint density at radius 3 is 2.29 bits per heavy atom. The summed E-state index contributed by atoms with van der Waals surface area (Å²) in [4.78, 5) is 23.5. The largest absolute Gasteiger partial charge is 0.334 e. The molecule has 0 fully saturated rings. The molecule has 0 radical (unpaired) electrons. The van der Waals surface area contributed by atoms with Crippen LogP contribution in [0.3, 0.4) is 0 Å². The number of para-hydroxylation sites is 2. The highest BCUT2D eigenvalue weighted by Gasteiger charge is 2.19. The minimum Gasteiger partial charge on any atom is -0.334 e. The summed E-state index contributed by atoms with van der Waals surface area (Å²) in [5.41, 5.74) is 9.21. The summed E-state index contributed by atoms with van der Waals surface area (Å²) in [5.74, 6) is 0.837. The van der Waals surface area contributed by atoms with E-state index in [4.69, 9.17) is 4.98 Å². The maximum Gasteiger partial charge on any atom is 0.254 e. The van der Waals surface area contributed by atoms with Gasteiger partial charge in [0.15, 0.2) is 0 Å². The van der Waals surface area contributed by atoms with E-state index in [-0.39, 0.29) is 5.91 Å². The van der Waals surface area contributed by atoms with E-state index in [2.05, 4.69) is 49.4 Å². The van der Waals surface area contributed by atoms with Crippen LogP contribution in [-0.2, 0) is 13.1 Å². The fraction of sp³-hybridized carbons (Fsp3) is 0.269. The van der Waals surface area contributed by atoms with Crippen molar-refractivity contribution in [3.63, 3.8) is 0 Å². The van der Waals surface area contributed by atoms with E-state index in [0.717, 1.165) is 23.4 Å². The Morgan fingerprint density at radius 2 is 1.61 bits per heavy atom. The van der Waals surface area contributed by atoms with Gasteiger partial charge in [0.1, 0.15) is 5.82 Å². The number of amides is 1. The fourth-order valence-electron chi connectivity index (χ4n) is 4.12. The number of aryl methyl sites for hydroxylation is 2. The molecule has 0 N–H and O–H groups in total. The van der Waals surface area contributed by atoms with Crippen LogP contribution < -0.4 is 0 Å². The molecule has 5 heteroatoms. The predicted octanol–water partition coefficient (Wildman–Crippen LogP) is 4.99. The number of imidazole rings is 1. The van der Waals surface area contributed by atoms with E-state index < -0.39 is 0 Å². The Labute approximate surface area is 183 Å². The molecular formula is C26H28N4O. The summed E-state index contributed by atoms with van der Waals surface area (Å²) in [6, 6.07) is 13.9. The number of benzene rings is 2. The molecule has 0 aliphatic rings. The fourth-order valence-corrected chi connectivity index (χ4v) is 4.12. The van der Waals surface area contributed by atoms with Crippen molar-refractivity contribution < 1.29 is 4.79 Å². The molecule has 0 spiro atoms. The van der Waals surface area contributed by atoms with Crippen molar-refractivity contribution in [1.29, 1.82) is 0 Å². The zero-order valence-corrected chi connectivity index (χ0v) is 18.8. The number of nitrogens with zero attached hydrogens (tertiary/aromatic N) is 4. The van der Waals surface area contributed by atoms with Gasteiger partial charge in [0, 0.05) is 31.5 Å². The van der Waals surface area contributed by atoms with Crippen molar-refractivity contribution in [3.8, 4) is 0 Å². The quantitative estimate of drug-likeness (QED) is 0.464. The van der Waals surface area contributed by atoms with Crippen LogP contribution in [0.5, 0.6) is 0 Å². The third-order valence-corrected chi connectivity index (χ3v) is 6.22. The average Bonchev–Trinajstić information content (AvgIpc) is 3.12. The Kier molecular flexibility index (Phi) is 5.59. The summed E-state index contributed by atoms with van der Waals surface area (Å²) in [6.07, 6.45) is 3.28. The second-order valence-electron chi connectivity index (χ2n) is 8.24. The third-order valence-electron chi connectivity index (χ3n) is 6.22. The molecule has 0 saturated heterocycles.